The molecule has 0 amide bonds. The van der Waals surface area contributed by atoms with Crippen molar-refractivity contribution >= 4 is 17.5 Å². The van der Waals surface area contributed by atoms with Crippen LogP contribution >= 0.6 is 11.8 Å². The van der Waals surface area contributed by atoms with Crippen LogP contribution in [0.4, 0.5) is 0 Å². The first-order valence-corrected chi connectivity index (χ1v) is 11.0. The van der Waals surface area contributed by atoms with Crippen molar-refractivity contribution in [3.8, 4) is 17.2 Å². The number of methoxy groups -OCH3 is 1. The predicted molar refractivity (Wildman–Crippen MR) is 114 cm³/mol. The second kappa shape index (κ2) is 9.27. The average molecular weight is 409 g/mol. The van der Waals surface area contributed by atoms with Gasteiger partial charge in [0.05, 0.1) is 18.4 Å². The summed E-state index contributed by atoms with van der Waals surface area (Å²) in [5.74, 6) is 2.02. The van der Waals surface area contributed by atoms with Gasteiger partial charge in [0.15, 0.2) is 5.78 Å². The Morgan fingerprint density at radius 1 is 1.07 bits per heavy atom. The normalized spacial score (nSPS) is 14.7. The number of para-hydroxylation sites is 1. The fourth-order valence-corrected chi connectivity index (χ4v) is 4.44. The number of benzene rings is 2. The van der Waals surface area contributed by atoms with E-state index >= 15 is 0 Å². The lowest BCUT2D eigenvalue weighted by Crippen LogP contribution is -2.06. The molecule has 150 valence electrons. The Labute approximate surface area is 174 Å². The Kier molecular flexibility index (Phi) is 6.30. The van der Waals surface area contributed by atoms with Gasteiger partial charge in [0.1, 0.15) is 5.75 Å². The van der Waals surface area contributed by atoms with Crippen molar-refractivity contribution in [2.45, 2.75) is 43.2 Å². The molecule has 1 fully saturated rings. The number of aromatic nitrogens is 2. The Balaban J connectivity index is 1.37. The van der Waals surface area contributed by atoms with Gasteiger partial charge in [-0.3, -0.25) is 4.79 Å². The molecule has 0 spiro atoms. The number of carbonyl (C=O) groups is 1. The minimum Gasteiger partial charge on any atom is -0.496 e. The molecule has 0 N–H and O–H groups in total. The maximum Gasteiger partial charge on any atom is 0.277 e. The van der Waals surface area contributed by atoms with E-state index in [9.17, 15) is 4.79 Å². The predicted octanol–water partition coefficient (Wildman–Crippen LogP) is 5.77. The van der Waals surface area contributed by atoms with Crippen molar-refractivity contribution < 1.29 is 13.9 Å². The Morgan fingerprint density at radius 2 is 1.83 bits per heavy atom. The van der Waals surface area contributed by atoms with Gasteiger partial charge in [-0.1, -0.05) is 67.4 Å². The molecule has 0 saturated heterocycles. The van der Waals surface area contributed by atoms with Crippen molar-refractivity contribution in [1.82, 2.24) is 10.2 Å². The third-order valence-corrected chi connectivity index (χ3v) is 6.20. The molecule has 0 unspecified atom stereocenters. The maximum absolute atomic E-state index is 12.6. The highest BCUT2D eigenvalue weighted by Crippen LogP contribution is 2.33. The Hall–Kier alpha value is -2.60. The first-order valence-electron chi connectivity index (χ1n) is 9.97. The van der Waals surface area contributed by atoms with E-state index in [2.05, 4.69) is 22.3 Å². The third kappa shape index (κ3) is 4.70. The molecule has 1 heterocycles. The van der Waals surface area contributed by atoms with E-state index < -0.39 is 0 Å². The van der Waals surface area contributed by atoms with Crippen LogP contribution < -0.4 is 4.74 Å². The Morgan fingerprint density at radius 3 is 2.59 bits per heavy atom. The van der Waals surface area contributed by atoms with Gasteiger partial charge >= 0.3 is 0 Å². The van der Waals surface area contributed by atoms with Crippen LogP contribution in [0.15, 0.2) is 58.2 Å². The summed E-state index contributed by atoms with van der Waals surface area (Å²) in [5.41, 5.74) is 2.81. The molecular formula is C23H24N2O3S. The Bertz CT molecular complexity index is 962. The van der Waals surface area contributed by atoms with Crippen LogP contribution in [-0.2, 0) is 0 Å². The van der Waals surface area contributed by atoms with E-state index in [1.165, 1.54) is 49.4 Å². The molecule has 3 aromatic rings. The number of carbonyl (C=O) groups excluding carboxylic acids is 1. The van der Waals surface area contributed by atoms with E-state index in [4.69, 9.17) is 9.15 Å². The summed E-state index contributed by atoms with van der Waals surface area (Å²) >= 11 is 1.25. The molecular weight excluding hydrogens is 384 g/mol. The number of thioether (sulfide) groups is 1. The number of ketones is 1. The van der Waals surface area contributed by atoms with Gasteiger partial charge in [-0.05, 0) is 36.5 Å². The molecule has 1 saturated carbocycles. The van der Waals surface area contributed by atoms with Gasteiger partial charge in [-0.15, -0.1) is 10.2 Å². The highest BCUT2D eigenvalue weighted by molar-refractivity contribution is 7.99. The number of nitrogens with zero attached hydrogens (tertiary/aromatic N) is 2. The quantitative estimate of drug-likeness (QED) is 0.365. The summed E-state index contributed by atoms with van der Waals surface area (Å²) in [6.45, 7) is 0. The largest absolute Gasteiger partial charge is 0.496 e. The van der Waals surface area contributed by atoms with Gasteiger partial charge in [-0.2, -0.15) is 0 Å². The van der Waals surface area contributed by atoms with Gasteiger partial charge < -0.3 is 9.15 Å². The zero-order valence-corrected chi connectivity index (χ0v) is 17.3. The molecule has 0 aliphatic heterocycles. The summed E-state index contributed by atoms with van der Waals surface area (Å²) in [6, 6.07) is 15.6. The lowest BCUT2D eigenvalue weighted by atomic mass is 9.84. The molecule has 1 aliphatic carbocycles. The molecule has 5 nitrogen and oxygen atoms in total. The zero-order chi connectivity index (χ0) is 20.1. The molecule has 0 bridgehead atoms. The van der Waals surface area contributed by atoms with Gasteiger partial charge in [0, 0.05) is 5.56 Å². The van der Waals surface area contributed by atoms with Crippen LogP contribution in [0.1, 0.15) is 53.9 Å². The van der Waals surface area contributed by atoms with E-state index in [0.717, 1.165) is 11.1 Å². The van der Waals surface area contributed by atoms with Gasteiger partial charge in [0.25, 0.3) is 11.1 Å². The van der Waals surface area contributed by atoms with E-state index in [-0.39, 0.29) is 11.5 Å². The first-order chi connectivity index (χ1) is 14.2. The minimum atomic E-state index is 0.0576. The van der Waals surface area contributed by atoms with E-state index in [1.54, 1.807) is 7.11 Å². The van der Waals surface area contributed by atoms with Crippen molar-refractivity contribution in [3.63, 3.8) is 0 Å². The van der Waals surface area contributed by atoms with Crippen LogP contribution in [-0.4, -0.2) is 28.8 Å². The summed E-state index contributed by atoms with van der Waals surface area (Å²) in [5, 5.41) is 8.50. The zero-order valence-electron chi connectivity index (χ0n) is 16.5. The molecule has 1 aromatic heterocycles. The lowest BCUT2D eigenvalue weighted by molar-refractivity contribution is 0.102. The highest BCUT2D eigenvalue weighted by atomic mass is 32.2. The smallest absolute Gasteiger partial charge is 0.277 e. The monoisotopic (exact) mass is 408 g/mol. The van der Waals surface area contributed by atoms with Crippen molar-refractivity contribution in [1.29, 1.82) is 0 Å². The first kappa shape index (κ1) is 19.7. The molecule has 2 aromatic carbocycles. The van der Waals surface area contributed by atoms with Crippen molar-refractivity contribution in [2.75, 3.05) is 12.9 Å². The molecule has 6 heteroatoms. The average Bonchev–Trinajstić information content (AvgIpc) is 3.27. The van der Waals surface area contributed by atoms with Gasteiger partial charge in [-0.25, -0.2) is 0 Å². The number of Topliss-reactive ketones (excluding diaryl/α,β-unsaturated/α-hetero) is 1. The van der Waals surface area contributed by atoms with Crippen LogP contribution in [0.3, 0.4) is 0 Å². The summed E-state index contributed by atoms with van der Waals surface area (Å²) in [4.78, 5) is 12.6. The minimum absolute atomic E-state index is 0.0576. The lowest BCUT2D eigenvalue weighted by Gasteiger charge is -2.22. The maximum atomic E-state index is 12.6. The van der Waals surface area contributed by atoms with E-state index in [0.29, 0.717) is 22.8 Å². The molecule has 0 radical (unpaired) electrons. The third-order valence-electron chi connectivity index (χ3n) is 5.38. The van der Waals surface area contributed by atoms with Crippen LogP contribution in [0.5, 0.6) is 5.75 Å². The molecule has 4 rings (SSSR count). The molecule has 0 atom stereocenters. The number of ether oxygens (including phenoxy) is 1. The molecule has 1 aliphatic rings. The van der Waals surface area contributed by atoms with Crippen molar-refractivity contribution in [2.24, 2.45) is 0 Å². The second-order valence-corrected chi connectivity index (χ2v) is 8.17. The second-order valence-electron chi connectivity index (χ2n) is 7.24. The summed E-state index contributed by atoms with van der Waals surface area (Å²) in [6.07, 6.45) is 6.48. The highest BCUT2D eigenvalue weighted by Gasteiger charge is 2.17. The molecule has 29 heavy (non-hydrogen) atoms. The van der Waals surface area contributed by atoms with Gasteiger partial charge in [0.2, 0.25) is 0 Å². The standard InChI is InChI=1S/C23H24N2O3S/c1-27-21-10-6-5-9-19(21)22-24-25-23(28-22)29-15-20(26)18-13-11-17(12-14-18)16-7-3-2-4-8-16/h5-6,9-14,16H,2-4,7-8,15H2,1H3. The van der Waals surface area contributed by atoms with Crippen molar-refractivity contribution in [3.05, 3.63) is 59.7 Å². The number of rotatable bonds is 7. The topological polar surface area (TPSA) is 65.2 Å². The SMILES string of the molecule is COc1ccccc1-c1nnc(SCC(=O)c2ccc(C3CCCCC3)cc2)o1. The fraction of sp³-hybridized carbons (Fsp3) is 0.348. The number of hydrogen-bond acceptors (Lipinski definition) is 6. The van der Waals surface area contributed by atoms with Crippen LogP contribution in [0.25, 0.3) is 11.5 Å². The van der Waals surface area contributed by atoms with Crippen LogP contribution in [0, 0.1) is 0 Å². The van der Waals surface area contributed by atoms with E-state index in [1.807, 2.05) is 36.4 Å². The van der Waals surface area contributed by atoms with Crippen LogP contribution in [0.2, 0.25) is 0 Å². The summed E-state index contributed by atoms with van der Waals surface area (Å²) < 4.78 is 11.0. The number of hydrogen-bond donors (Lipinski definition) is 0. The summed E-state index contributed by atoms with van der Waals surface area (Å²) in [7, 11) is 1.60. The fourth-order valence-electron chi connectivity index (χ4n) is 3.79.